The Bertz CT molecular complexity index is 2290. The first-order valence-electron chi connectivity index (χ1n) is 18.7. The van der Waals surface area contributed by atoms with Crippen molar-refractivity contribution in [3.05, 3.63) is 131 Å². The third-order valence-electron chi connectivity index (χ3n) is 10.7. The van der Waals surface area contributed by atoms with Crippen LogP contribution in [0.3, 0.4) is 0 Å². The number of aromatic hydroxyl groups is 2. The largest absolute Gasteiger partial charge is 0.508 e. The van der Waals surface area contributed by atoms with Crippen molar-refractivity contribution >= 4 is 29.3 Å². The molecule has 5 aromatic carbocycles. The van der Waals surface area contributed by atoms with E-state index in [0.29, 0.717) is 28.4 Å². The number of phenolic OH excluding ortho intramolecular Hbond substituents is 2. The van der Waals surface area contributed by atoms with Crippen molar-refractivity contribution in [2.24, 2.45) is 11.8 Å². The van der Waals surface area contributed by atoms with E-state index in [2.05, 4.69) is 16.0 Å². The fraction of sp³-hybridized carbons (Fsp3) is 0.250. The first-order valence-corrected chi connectivity index (χ1v) is 18.7. The molecule has 5 N–H and O–H groups in total. The Morgan fingerprint density at radius 2 is 1.45 bits per heavy atom. The molecule has 0 unspecified atom stereocenters. The van der Waals surface area contributed by atoms with Gasteiger partial charge in [0.2, 0.25) is 18.4 Å². The van der Waals surface area contributed by atoms with Gasteiger partial charge in [-0.25, -0.2) is 4.79 Å². The van der Waals surface area contributed by atoms with Gasteiger partial charge in [-0.05, 0) is 88.5 Å². The summed E-state index contributed by atoms with van der Waals surface area (Å²) >= 11 is 0. The van der Waals surface area contributed by atoms with Gasteiger partial charge in [-0.1, -0.05) is 42.5 Å². The lowest BCUT2D eigenvalue weighted by Gasteiger charge is -2.40. The molecule has 2 aliphatic heterocycles. The Morgan fingerprint density at radius 3 is 2.12 bits per heavy atom. The van der Waals surface area contributed by atoms with Crippen molar-refractivity contribution in [1.29, 1.82) is 0 Å². The molecule has 0 aromatic heterocycles. The minimum absolute atomic E-state index is 0.0340. The van der Waals surface area contributed by atoms with E-state index < -0.39 is 35.9 Å². The molecule has 2 heterocycles. The highest BCUT2D eigenvalue weighted by Gasteiger charge is 2.52. The fourth-order valence-electron chi connectivity index (χ4n) is 7.88. The van der Waals surface area contributed by atoms with Crippen LogP contribution < -0.4 is 34.9 Å². The second-order valence-electron chi connectivity index (χ2n) is 14.2. The molecule has 298 valence electrons. The predicted octanol–water partition coefficient (Wildman–Crippen LogP) is 6.41. The second-order valence-corrected chi connectivity index (χ2v) is 14.2. The van der Waals surface area contributed by atoms with E-state index in [4.69, 9.17) is 28.4 Å². The Kier molecular flexibility index (Phi) is 10.5. The third-order valence-corrected chi connectivity index (χ3v) is 10.7. The smallest absolute Gasteiger partial charge is 0.408 e. The van der Waals surface area contributed by atoms with Crippen molar-refractivity contribution < 1.29 is 53.0 Å². The van der Waals surface area contributed by atoms with Crippen molar-refractivity contribution in [3.63, 3.8) is 0 Å². The zero-order chi connectivity index (χ0) is 40.3. The number of alkyl carbamates (subject to hydrolysis) is 1. The van der Waals surface area contributed by atoms with Crippen molar-refractivity contribution in [1.82, 2.24) is 5.32 Å². The molecule has 0 bridgehead atoms. The predicted molar refractivity (Wildman–Crippen MR) is 210 cm³/mol. The molecule has 0 radical (unpaired) electrons. The van der Waals surface area contributed by atoms with Crippen molar-refractivity contribution in [3.8, 4) is 34.5 Å². The SMILES string of the molecule is COc1cc([C@@H]2c3cc4c(cc3[C@@H](Nc3ccc(NC(=O)[C@@H](Cc5ccc(O)cc5)NC(=O)OCc5ccccc5)cc3)[C@H]3COC(=O)[C@H]23)OCO4)cc(OC)c1O. The lowest BCUT2D eigenvalue weighted by atomic mass is 9.65. The van der Waals surface area contributed by atoms with Gasteiger partial charge >= 0.3 is 12.1 Å². The molecule has 3 aliphatic rings. The summed E-state index contributed by atoms with van der Waals surface area (Å²) in [6, 6.07) is 28.5. The molecule has 0 saturated carbocycles. The third kappa shape index (κ3) is 7.68. The number of fused-ring (bicyclic) bond motifs is 3. The number of nitrogens with one attached hydrogen (secondary N) is 3. The topological polar surface area (TPSA) is 183 Å². The molecule has 2 amide bonds. The number of esters is 1. The maximum absolute atomic E-state index is 13.7. The number of methoxy groups -OCH3 is 2. The summed E-state index contributed by atoms with van der Waals surface area (Å²) in [6.07, 6.45) is -0.615. The maximum atomic E-state index is 13.7. The standard InChI is InChI=1S/C44H41N3O11/c1-53-36-17-26(18-37(54-2)41(36)49)38-30-19-34-35(58-23-57-34)20-31(30)40(32-22-55-43(51)39(32)38)45-27-10-12-28(13-11-27)46-42(50)33(16-24-8-14-29(48)15-9-24)47-44(52)56-21-25-6-4-3-5-7-25/h3-15,17-20,32-33,38-40,45,48-49H,16,21-23H2,1-2H3,(H,46,50)(H,47,52)/t32-,33+,38+,39-,40+/m0/s1. The second kappa shape index (κ2) is 16.2. The van der Waals surface area contributed by atoms with Crippen LogP contribution in [0.1, 0.15) is 39.8 Å². The van der Waals surface area contributed by atoms with Gasteiger partial charge in [0.1, 0.15) is 18.4 Å². The molecule has 5 atom stereocenters. The summed E-state index contributed by atoms with van der Waals surface area (Å²) in [4.78, 5) is 40.1. The molecule has 1 fully saturated rings. The number of rotatable bonds is 12. The van der Waals surface area contributed by atoms with E-state index in [1.54, 1.807) is 36.4 Å². The number of hydrogen-bond acceptors (Lipinski definition) is 12. The molecule has 58 heavy (non-hydrogen) atoms. The van der Waals surface area contributed by atoms with E-state index in [1.165, 1.54) is 26.4 Å². The highest BCUT2D eigenvalue weighted by molar-refractivity contribution is 5.97. The number of carbonyl (C=O) groups excluding carboxylic acids is 3. The molecule has 1 saturated heterocycles. The van der Waals surface area contributed by atoms with Gasteiger partial charge in [0, 0.05) is 29.6 Å². The average molecular weight is 788 g/mol. The minimum Gasteiger partial charge on any atom is -0.508 e. The quantitative estimate of drug-likeness (QED) is 0.0878. The summed E-state index contributed by atoms with van der Waals surface area (Å²) in [5.74, 6) is -0.779. The van der Waals surface area contributed by atoms with Crippen molar-refractivity contribution in [2.45, 2.75) is 31.0 Å². The summed E-state index contributed by atoms with van der Waals surface area (Å²) in [7, 11) is 2.90. The molecular formula is C44H41N3O11. The van der Waals surface area contributed by atoms with E-state index >= 15 is 0 Å². The van der Waals surface area contributed by atoms with Crippen molar-refractivity contribution in [2.75, 3.05) is 38.3 Å². The number of amides is 2. The van der Waals surface area contributed by atoms with Gasteiger partial charge in [-0.15, -0.1) is 0 Å². The number of anilines is 2. The van der Waals surface area contributed by atoms with Crippen LogP contribution in [0.5, 0.6) is 34.5 Å². The minimum atomic E-state index is -1.00. The number of phenols is 2. The Hall–Kier alpha value is -7.09. The lowest BCUT2D eigenvalue weighted by molar-refractivity contribution is -0.141. The maximum Gasteiger partial charge on any atom is 0.408 e. The van der Waals surface area contributed by atoms with Gasteiger partial charge < -0.3 is 54.6 Å². The average Bonchev–Trinajstić information content (AvgIpc) is 3.87. The number of benzene rings is 5. The highest BCUT2D eigenvalue weighted by atomic mass is 16.7. The monoisotopic (exact) mass is 787 g/mol. The number of ether oxygens (including phenoxy) is 6. The van der Waals surface area contributed by atoms with Crippen LogP contribution in [0, 0.1) is 11.8 Å². The number of cyclic esters (lactones) is 1. The van der Waals surface area contributed by atoms with E-state index in [0.717, 1.165) is 22.3 Å². The normalized spacial score (nSPS) is 19.2. The summed E-state index contributed by atoms with van der Waals surface area (Å²) in [6.45, 7) is 0.256. The Morgan fingerprint density at radius 1 is 0.793 bits per heavy atom. The van der Waals surface area contributed by atoms with Crippen LogP contribution in [-0.2, 0) is 32.1 Å². The van der Waals surface area contributed by atoms with Gasteiger partial charge in [0.25, 0.3) is 0 Å². The molecule has 14 nitrogen and oxygen atoms in total. The van der Waals surface area contributed by atoms with Crippen LogP contribution in [0.15, 0.2) is 103 Å². The van der Waals surface area contributed by atoms with Gasteiger partial charge in [-0.3, -0.25) is 9.59 Å². The molecule has 5 aromatic rings. The Labute approximate surface area is 333 Å². The van der Waals surface area contributed by atoms with E-state index in [9.17, 15) is 24.6 Å². The number of carbonyl (C=O) groups is 3. The van der Waals surface area contributed by atoms with E-state index in [1.807, 2.05) is 54.6 Å². The van der Waals surface area contributed by atoms with Crippen LogP contribution >= 0.6 is 0 Å². The summed E-state index contributed by atoms with van der Waals surface area (Å²) in [5, 5.41) is 29.7. The van der Waals surface area contributed by atoms with Crippen LogP contribution in [0.25, 0.3) is 0 Å². The Balaban J connectivity index is 1.04. The van der Waals surface area contributed by atoms with Gasteiger partial charge in [0.15, 0.2) is 23.0 Å². The lowest BCUT2D eigenvalue weighted by Crippen LogP contribution is -2.45. The molecule has 8 rings (SSSR count). The fourth-order valence-corrected chi connectivity index (χ4v) is 7.88. The first-order chi connectivity index (χ1) is 28.2. The zero-order valence-corrected chi connectivity index (χ0v) is 31.6. The van der Waals surface area contributed by atoms with Crippen LogP contribution in [0.4, 0.5) is 16.2 Å². The first kappa shape index (κ1) is 37.8. The summed E-state index contributed by atoms with van der Waals surface area (Å²) < 4.78 is 33.7. The molecule has 14 heteroatoms. The molecular weight excluding hydrogens is 746 g/mol. The van der Waals surface area contributed by atoms with Crippen LogP contribution in [-0.4, -0.2) is 61.8 Å². The zero-order valence-electron chi connectivity index (χ0n) is 31.6. The van der Waals surface area contributed by atoms with Crippen LogP contribution in [0.2, 0.25) is 0 Å². The molecule has 0 spiro atoms. The molecule has 1 aliphatic carbocycles. The van der Waals surface area contributed by atoms with Gasteiger partial charge in [0.05, 0.1) is 32.8 Å². The summed E-state index contributed by atoms with van der Waals surface area (Å²) in [5.41, 5.74) is 5.09. The number of hydrogen-bond donors (Lipinski definition) is 5. The van der Waals surface area contributed by atoms with Gasteiger partial charge in [-0.2, -0.15) is 0 Å². The highest BCUT2D eigenvalue weighted by Crippen LogP contribution is 2.56. The van der Waals surface area contributed by atoms with E-state index in [-0.39, 0.29) is 61.3 Å².